The molecule has 1 saturated carbocycles. The lowest BCUT2D eigenvalue weighted by atomic mass is 9.84. The fourth-order valence-corrected chi connectivity index (χ4v) is 5.55. The first-order valence-electron chi connectivity index (χ1n) is 10.3. The van der Waals surface area contributed by atoms with Crippen LogP contribution in [-0.2, 0) is 11.2 Å². The molecule has 2 aromatic rings. The average Bonchev–Trinajstić information content (AvgIpc) is 3.35. The second-order valence-electron chi connectivity index (χ2n) is 8.19. The van der Waals surface area contributed by atoms with Gasteiger partial charge >= 0.3 is 0 Å². The zero-order valence-corrected chi connectivity index (χ0v) is 17.2. The molecule has 1 N–H and O–H groups in total. The van der Waals surface area contributed by atoms with E-state index in [0.29, 0.717) is 11.5 Å². The molecule has 28 heavy (non-hydrogen) atoms. The van der Waals surface area contributed by atoms with Crippen LogP contribution >= 0.6 is 11.3 Å². The average molecular weight is 397 g/mol. The smallest absolute Gasteiger partial charge is 0.254 e. The maximum atomic E-state index is 13.3. The molecule has 1 aliphatic carbocycles. The number of carbonyl (C=O) groups is 2. The molecule has 4 nitrogen and oxygen atoms in total. The van der Waals surface area contributed by atoms with Crippen LogP contribution in [0.2, 0.25) is 0 Å². The number of likely N-dealkylation sites (tertiary alicyclic amines) is 1. The highest BCUT2D eigenvalue weighted by Crippen LogP contribution is 2.40. The molecule has 2 aliphatic rings. The van der Waals surface area contributed by atoms with Gasteiger partial charge in [-0.1, -0.05) is 31.0 Å². The van der Waals surface area contributed by atoms with E-state index in [-0.39, 0.29) is 29.9 Å². The van der Waals surface area contributed by atoms with Crippen molar-refractivity contribution in [2.75, 3.05) is 0 Å². The lowest BCUT2D eigenvalue weighted by Crippen LogP contribution is -2.51. The first-order valence-corrected chi connectivity index (χ1v) is 11.3. The summed E-state index contributed by atoms with van der Waals surface area (Å²) in [5, 5.41) is 7.36. The van der Waals surface area contributed by atoms with Crippen LogP contribution in [0.1, 0.15) is 54.9 Å². The molecule has 5 heteroatoms. The monoisotopic (exact) mass is 396 g/mol. The Morgan fingerprint density at radius 2 is 1.96 bits per heavy atom. The fourth-order valence-electron chi connectivity index (χ4n) is 4.87. The summed E-state index contributed by atoms with van der Waals surface area (Å²) in [6.45, 7) is 2.04. The van der Waals surface area contributed by atoms with E-state index in [1.54, 1.807) is 11.3 Å². The Hall–Kier alpha value is -2.14. The van der Waals surface area contributed by atoms with Crippen LogP contribution in [0.25, 0.3) is 0 Å². The zero-order chi connectivity index (χ0) is 19.5. The third kappa shape index (κ3) is 4.00. The number of hydrogen-bond acceptors (Lipinski definition) is 3. The van der Waals surface area contributed by atoms with Gasteiger partial charge in [0, 0.05) is 17.6 Å². The van der Waals surface area contributed by atoms with Crippen molar-refractivity contribution in [3.05, 3.63) is 58.3 Å². The van der Waals surface area contributed by atoms with E-state index in [1.807, 2.05) is 42.2 Å². The molecule has 2 amide bonds. The standard InChI is InChI=1S/C23H28N2O2S/c1-16(13-17-11-12-28-15-17)24-22(26)21-14-19-9-5-6-10-20(19)25(21)23(27)18-7-3-2-4-8-18/h2-4,7-8,11-12,15-16,19-21H,5-6,9-10,13-14H2,1H3,(H,24,26). The first-order chi connectivity index (χ1) is 13.6. The molecule has 1 aliphatic heterocycles. The molecule has 0 bridgehead atoms. The lowest BCUT2D eigenvalue weighted by Gasteiger charge is -2.34. The molecule has 1 aromatic heterocycles. The van der Waals surface area contributed by atoms with Crippen LogP contribution < -0.4 is 5.32 Å². The van der Waals surface area contributed by atoms with Crippen molar-refractivity contribution in [1.29, 1.82) is 0 Å². The molecule has 2 fully saturated rings. The summed E-state index contributed by atoms with van der Waals surface area (Å²) in [5.74, 6) is 0.450. The summed E-state index contributed by atoms with van der Waals surface area (Å²) in [6, 6.07) is 11.4. The van der Waals surface area contributed by atoms with E-state index >= 15 is 0 Å². The van der Waals surface area contributed by atoms with Gasteiger partial charge in [-0.05, 0) is 73.0 Å². The van der Waals surface area contributed by atoms with Gasteiger partial charge in [0.05, 0.1) is 0 Å². The highest BCUT2D eigenvalue weighted by Gasteiger charge is 2.47. The second-order valence-corrected chi connectivity index (χ2v) is 8.97. The molecule has 1 saturated heterocycles. The van der Waals surface area contributed by atoms with Crippen molar-refractivity contribution in [3.8, 4) is 0 Å². The number of carbonyl (C=O) groups excluding carboxylic acids is 2. The summed E-state index contributed by atoms with van der Waals surface area (Å²) in [6.07, 6.45) is 6.09. The Labute approximate surface area is 170 Å². The summed E-state index contributed by atoms with van der Waals surface area (Å²) in [4.78, 5) is 28.4. The normalized spacial score (nSPS) is 25.2. The topological polar surface area (TPSA) is 49.4 Å². The van der Waals surface area contributed by atoms with Gasteiger partial charge in [-0.3, -0.25) is 9.59 Å². The minimum atomic E-state index is -0.356. The number of nitrogens with one attached hydrogen (secondary N) is 1. The quantitative estimate of drug-likeness (QED) is 0.821. The van der Waals surface area contributed by atoms with Crippen LogP contribution in [0.15, 0.2) is 47.2 Å². The van der Waals surface area contributed by atoms with Gasteiger partial charge in [0.15, 0.2) is 0 Å². The van der Waals surface area contributed by atoms with E-state index in [1.165, 1.54) is 12.0 Å². The van der Waals surface area contributed by atoms with Crippen molar-refractivity contribution in [2.45, 2.75) is 63.6 Å². The van der Waals surface area contributed by atoms with Crippen molar-refractivity contribution in [1.82, 2.24) is 10.2 Å². The van der Waals surface area contributed by atoms with Gasteiger partial charge in [0.25, 0.3) is 5.91 Å². The van der Waals surface area contributed by atoms with Crippen LogP contribution in [-0.4, -0.2) is 34.8 Å². The molecule has 0 radical (unpaired) electrons. The van der Waals surface area contributed by atoms with Crippen LogP contribution in [0.3, 0.4) is 0 Å². The van der Waals surface area contributed by atoms with Gasteiger partial charge in [-0.25, -0.2) is 0 Å². The summed E-state index contributed by atoms with van der Waals surface area (Å²) >= 11 is 1.68. The molecule has 0 spiro atoms. The zero-order valence-electron chi connectivity index (χ0n) is 16.3. The maximum Gasteiger partial charge on any atom is 0.254 e. The minimum absolute atomic E-state index is 0.000590. The van der Waals surface area contributed by atoms with Crippen LogP contribution in [0.4, 0.5) is 0 Å². The van der Waals surface area contributed by atoms with Gasteiger partial charge < -0.3 is 10.2 Å². The second kappa shape index (κ2) is 8.48. The first kappa shape index (κ1) is 19.2. The Bertz CT molecular complexity index is 805. The summed E-state index contributed by atoms with van der Waals surface area (Å²) in [5.41, 5.74) is 1.92. The van der Waals surface area contributed by atoms with Gasteiger partial charge in [0.2, 0.25) is 5.91 Å². The number of fused-ring (bicyclic) bond motifs is 1. The van der Waals surface area contributed by atoms with Crippen LogP contribution in [0, 0.1) is 5.92 Å². The van der Waals surface area contributed by atoms with Crippen molar-refractivity contribution < 1.29 is 9.59 Å². The predicted molar refractivity (Wildman–Crippen MR) is 112 cm³/mol. The van der Waals surface area contributed by atoms with E-state index in [9.17, 15) is 9.59 Å². The van der Waals surface area contributed by atoms with Gasteiger partial charge in [0.1, 0.15) is 6.04 Å². The van der Waals surface area contributed by atoms with Gasteiger partial charge in [-0.15, -0.1) is 0 Å². The summed E-state index contributed by atoms with van der Waals surface area (Å²) < 4.78 is 0. The number of thiophene rings is 1. The number of amides is 2. The number of hydrogen-bond donors (Lipinski definition) is 1. The minimum Gasteiger partial charge on any atom is -0.352 e. The molecular formula is C23H28N2O2S. The number of benzene rings is 1. The Kier molecular flexibility index (Phi) is 5.81. The molecular weight excluding hydrogens is 368 g/mol. The maximum absolute atomic E-state index is 13.3. The van der Waals surface area contributed by atoms with Crippen molar-refractivity contribution in [3.63, 3.8) is 0 Å². The SMILES string of the molecule is CC(Cc1ccsc1)NC(=O)C1CC2CCCCC2N1C(=O)c1ccccc1. The third-order valence-electron chi connectivity index (χ3n) is 6.16. The molecule has 148 valence electrons. The molecule has 4 atom stereocenters. The highest BCUT2D eigenvalue weighted by molar-refractivity contribution is 7.07. The molecule has 2 heterocycles. The Morgan fingerprint density at radius 3 is 2.71 bits per heavy atom. The Balaban J connectivity index is 1.51. The molecule has 1 aromatic carbocycles. The van der Waals surface area contributed by atoms with Crippen molar-refractivity contribution >= 4 is 23.2 Å². The van der Waals surface area contributed by atoms with E-state index in [0.717, 1.165) is 32.1 Å². The predicted octanol–water partition coefficient (Wildman–Crippen LogP) is 4.27. The number of nitrogens with zero attached hydrogens (tertiary/aromatic N) is 1. The van der Waals surface area contributed by atoms with Crippen LogP contribution in [0.5, 0.6) is 0 Å². The van der Waals surface area contributed by atoms with E-state index in [2.05, 4.69) is 22.1 Å². The fraction of sp³-hybridized carbons (Fsp3) is 0.478. The molecule has 4 rings (SSSR count). The van der Waals surface area contributed by atoms with Gasteiger partial charge in [-0.2, -0.15) is 11.3 Å². The van der Waals surface area contributed by atoms with E-state index < -0.39 is 0 Å². The highest BCUT2D eigenvalue weighted by atomic mass is 32.1. The lowest BCUT2D eigenvalue weighted by molar-refractivity contribution is -0.125. The summed E-state index contributed by atoms with van der Waals surface area (Å²) in [7, 11) is 0. The third-order valence-corrected chi connectivity index (χ3v) is 6.89. The largest absolute Gasteiger partial charge is 0.352 e. The van der Waals surface area contributed by atoms with E-state index in [4.69, 9.17) is 0 Å². The van der Waals surface area contributed by atoms with Crippen molar-refractivity contribution in [2.24, 2.45) is 5.92 Å². The number of rotatable bonds is 5. The molecule has 4 unspecified atom stereocenters. The Morgan fingerprint density at radius 1 is 1.18 bits per heavy atom.